The van der Waals surface area contributed by atoms with Crippen LogP contribution >= 0.6 is 39.1 Å². The lowest BCUT2D eigenvalue weighted by atomic mass is 9.95. The Bertz CT molecular complexity index is 1580. The van der Waals surface area contributed by atoms with Crippen LogP contribution in [0.3, 0.4) is 0 Å². The number of nitrogens with zero attached hydrogens (tertiary/aromatic N) is 1. The van der Waals surface area contributed by atoms with Crippen LogP contribution in [0.1, 0.15) is 36.6 Å². The first kappa shape index (κ1) is 33.9. The van der Waals surface area contributed by atoms with Crippen molar-refractivity contribution in [3.8, 4) is 17.2 Å². The van der Waals surface area contributed by atoms with Gasteiger partial charge in [0, 0.05) is 10.7 Å². The number of urea groups is 1. The molecule has 0 spiro atoms. The van der Waals surface area contributed by atoms with E-state index in [1.165, 1.54) is 13.3 Å². The highest BCUT2D eigenvalue weighted by Crippen LogP contribution is 2.36. The third-order valence-corrected chi connectivity index (χ3v) is 7.55. The number of carbonyl (C=O) groups excluding carboxylic acids is 2. The molecule has 0 aliphatic carbocycles. The van der Waals surface area contributed by atoms with Gasteiger partial charge in [-0.25, -0.2) is 9.59 Å². The van der Waals surface area contributed by atoms with E-state index >= 15 is 0 Å². The largest absolute Gasteiger partial charge is 0.490 e. The van der Waals surface area contributed by atoms with Crippen LogP contribution in [0.2, 0.25) is 10.0 Å². The van der Waals surface area contributed by atoms with Gasteiger partial charge in [0.05, 0.1) is 41.0 Å². The maximum absolute atomic E-state index is 12.4. The molecule has 4 N–H and O–H groups in total. The Kier molecular flexibility index (Phi) is 11.9. The predicted octanol–water partition coefficient (Wildman–Crippen LogP) is 5.86. The molecule has 3 aromatic rings. The second-order valence-corrected chi connectivity index (χ2v) is 11.3. The van der Waals surface area contributed by atoms with Crippen LogP contribution in [0.4, 0.5) is 4.79 Å². The number of aliphatic hydroxyl groups is 1. The first-order chi connectivity index (χ1) is 21.6. The first-order valence-electron chi connectivity index (χ1n) is 13.7. The van der Waals surface area contributed by atoms with E-state index < -0.39 is 24.3 Å². The molecular weight excluding hydrogens is 691 g/mol. The van der Waals surface area contributed by atoms with Crippen molar-refractivity contribution in [3.63, 3.8) is 0 Å². The summed E-state index contributed by atoms with van der Waals surface area (Å²) >= 11 is 15.9. The molecular formula is C31H31BrCl2N4O7. The number of allylic oxidation sites excluding steroid dienone is 1. The van der Waals surface area contributed by atoms with Gasteiger partial charge in [-0.3, -0.25) is 5.43 Å². The van der Waals surface area contributed by atoms with Crippen molar-refractivity contribution in [2.45, 2.75) is 32.7 Å². The van der Waals surface area contributed by atoms with E-state index in [0.29, 0.717) is 61.8 Å². The monoisotopic (exact) mass is 720 g/mol. The smallest absolute Gasteiger partial charge is 0.337 e. The van der Waals surface area contributed by atoms with Crippen LogP contribution in [0.15, 0.2) is 75.4 Å². The van der Waals surface area contributed by atoms with Crippen molar-refractivity contribution in [2.75, 3.05) is 20.3 Å². The number of esters is 1. The second-order valence-electron chi connectivity index (χ2n) is 9.64. The van der Waals surface area contributed by atoms with Crippen LogP contribution in [-0.2, 0) is 16.1 Å². The maximum atomic E-state index is 12.4. The predicted molar refractivity (Wildman–Crippen MR) is 174 cm³/mol. The Morgan fingerprint density at radius 3 is 2.56 bits per heavy atom. The molecule has 0 saturated heterocycles. The fourth-order valence-corrected chi connectivity index (χ4v) is 5.46. The van der Waals surface area contributed by atoms with Gasteiger partial charge in [0.15, 0.2) is 23.5 Å². The van der Waals surface area contributed by atoms with Gasteiger partial charge in [-0.1, -0.05) is 41.4 Å². The van der Waals surface area contributed by atoms with Crippen molar-refractivity contribution in [3.05, 3.63) is 97.1 Å². The van der Waals surface area contributed by atoms with E-state index in [4.69, 9.17) is 42.1 Å². The fraction of sp³-hybridized carbons (Fsp3) is 0.258. The number of halogens is 3. The zero-order valence-electron chi connectivity index (χ0n) is 24.5. The third-order valence-electron chi connectivity index (χ3n) is 6.43. The van der Waals surface area contributed by atoms with Crippen molar-refractivity contribution in [2.24, 2.45) is 5.10 Å². The number of carbonyl (C=O) groups is 2. The van der Waals surface area contributed by atoms with Crippen molar-refractivity contribution >= 4 is 57.3 Å². The van der Waals surface area contributed by atoms with Crippen LogP contribution < -0.4 is 30.3 Å². The van der Waals surface area contributed by atoms with Crippen molar-refractivity contribution < 1.29 is 33.6 Å². The average molecular weight is 722 g/mol. The zero-order chi connectivity index (χ0) is 32.5. The summed E-state index contributed by atoms with van der Waals surface area (Å²) < 4.78 is 23.0. The summed E-state index contributed by atoms with van der Waals surface area (Å²) in [7, 11) is 1.27. The molecule has 2 atom stereocenters. The topological polar surface area (TPSA) is 140 Å². The number of ether oxygens (including phenoxy) is 4. The number of methoxy groups -OCH3 is 1. The van der Waals surface area contributed by atoms with E-state index in [0.717, 1.165) is 5.56 Å². The number of hydrogen-bond acceptors (Lipinski definition) is 9. The molecule has 1 aliphatic rings. The molecule has 0 aromatic heterocycles. The average Bonchev–Trinajstić information content (AvgIpc) is 3.00. The van der Waals surface area contributed by atoms with Gasteiger partial charge >= 0.3 is 12.0 Å². The summed E-state index contributed by atoms with van der Waals surface area (Å²) in [5, 5.41) is 20.9. The molecule has 238 valence electrons. The van der Waals surface area contributed by atoms with Crippen LogP contribution in [0, 0.1) is 0 Å². The third kappa shape index (κ3) is 9.04. The molecule has 1 heterocycles. The molecule has 1 aliphatic heterocycles. The van der Waals surface area contributed by atoms with Gasteiger partial charge in [-0.2, -0.15) is 5.10 Å². The molecule has 14 heteroatoms. The number of aliphatic hydroxyl groups excluding tert-OH is 1. The van der Waals surface area contributed by atoms with E-state index in [2.05, 4.69) is 37.1 Å². The normalized spacial score (nSPS) is 15.3. The lowest BCUT2D eigenvalue weighted by molar-refractivity contribution is -0.136. The highest BCUT2D eigenvalue weighted by atomic mass is 79.9. The summed E-state index contributed by atoms with van der Waals surface area (Å²) in [5.41, 5.74) is 5.42. The Hall–Kier alpha value is -3.97. The van der Waals surface area contributed by atoms with Gasteiger partial charge in [0.25, 0.3) is 0 Å². The minimum atomic E-state index is -1.17. The van der Waals surface area contributed by atoms with E-state index in [1.54, 1.807) is 56.3 Å². The molecule has 0 saturated carbocycles. The number of hydrogen-bond donors (Lipinski definition) is 4. The molecule has 0 fully saturated rings. The Balaban J connectivity index is 1.37. The quantitative estimate of drug-likeness (QED) is 0.0746. The zero-order valence-corrected chi connectivity index (χ0v) is 27.6. The van der Waals surface area contributed by atoms with Gasteiger partial charge < -0.3 is 34.7 Å². The Labute approximate surface area is 278 Å². The number of rotatable bonds is 13. The minimum Gasteiger partial charge on any atom is -0.490 e. The lowest BCUT2D eigenvalue weighted by Gasteiger charge is -2.28. The molecule has 3 aromatic carbocycles. The minimum absolute atomic E-state index is 0.171. The standard InChI is InChI=1S/C31H31BrCl2N4O7/c1-4-43-25-13-20(28-27(30(40)42-3)17(2)36-31(41)37-28)7-10-24(25)44-16-26(39)38-35-14-19-11-22(32)29(23(34)12-19)45-15-18-5-8-21(33)9-6-18/h5-14,26,28,38-39H,4,15-16H2,1-3H3,(H2,36,37,41)/b35-14-/t26-,28+/m0/s1. The molecule has 45 heavy (non-hydrogen) atoms. The molecule has 4 rings (SSSR count). The summed E-state index contributed by atoms with van der Waals surface area (Å²) in [4.78, 5) is 24.6. The molecule has 2 amide bonds. The SMILES string of the molecule is CCOc1cc([C@H]2NC(=O)NC(C)=C2C(=O)OC)ccc1OC[C@H](O)N/N=C\c1cc(Cl)c(OCc2ccc(Cl)cc2)c(Br)c1. The van der Waals surface area contributed by atoms with Gasteiger partial charge in [0.2, 0.25) is 0 Å². The van der Waals surface area contributed by atoms with E-state index in [1.807, 2.05) is 12.1 Å². The number of hydrazone groups is 1. The number of nitrogens with one attached hydrogen (secondary N) is 3. The van der Waals surface area contributed by atoms with E-state index in [9.17, 15) is 14.7 Å². The maximum Gasteiger partial charge on any atom is 0.337 e. The molecule has 11 nitrogen and oxygen atoms in total. The summed E-state index contributed by atoms with van der Waals surface area (Å²) in [6.45, 7) is 3.89. The van der Waals surface area contributed by atoms with Gasteiger partial charge in [-0.15, -0.1) is 0 Å². The van der Waals surface area contributed by atoms with Crippen molar-refractivity contribution in [1.29, 1.82) is 0 Å². The number of benzene rings is 3. The number of amides is 2. The Morgan fingerprint density at radius 2 is 1.87 bits per heavy atom. The fourth-order valence-electron chi connectivity index (χ4n) is 4.35. The van der Waals surface area contributed by atoms with Crippen LogP contribution in [0.25, 0.3) is 0 Å². The summed E-state index contributed by atoms with van der Waals surface area (Å²) in [6, 6.07) is 14.5. The first-order valence-corrected chi connectivity index (χ1v) is 15.2. The highest BCUT2D eigenvalue weighted by Gasteiger charge is 2.32. The highest BCUT2D eigenvalue weighted by molar-refractivity contribution is 9.10. The van der Waals surface area contributed by atoms with E-state index in [-0.39, 0.29) is 12.2 Å². The Morgan fingerprint density at radius 1 is 1.11 bits per heavy atom. The van der Waals surface area contributed by atoms with Crippen LogP contribution in [-0.4, -0.2) is 49.9 Å². The lowest BCUT2D eigenvalue weighted by Crippen LogP contribution is -2.45. The molecule has 0 bridgehead atoms. The van der Waals surface area contributed by atoms with Gasteiger partial charge in [0.1, 0.15) is 13.2 Å². The summed E-state index contributed by atoms with van der Waals surface area (Å²) in [5.74, 6) is 0.608. The second kappa shape index (κ2) is 15.8. The summed E-state index contributed by atoms with van der Waals surface area (Å²) in [6.07, 6.45) is 0.321. The molecule has 0 unspecified atom stereocenters. The molecule has 0 radical (unpaired) electrons. The van der Waals surface area contributed by atoms with Crippen LogP contribution in [0.5, 0.6) is 17.2 Å². The van der Waals surface area contributed by atoms with Gasteiger partial charge in [-0.05, 0) is 82.9 Å². The van der Waals surface area contributed by atoms with Crippen molar-refractivity contribution in [1.82, 2.24) is 16.1 Å².